The Kier molecular flexibility index (Phi) is 9.22. The number of anilines is 1. The average molecular weight is 545 g/mol. The lowest BCUT2D eigenvalue weighted by Gasteiger charge is -2.36. The number of rotatable bonds is 10. The molecule has 0 bridgehead atoms. The molecule has 3 rings (SSSR count). The third-order valence-corrected chi connectivity index (χ3v) is 6.73. The lowest BCUT2D eigenvalue weighted by Crippen LogP contribution is -2.55. The number of ether oxygens (including phenoxy) is 1. The number of methoxy groups -OCH3 is 1. The van der Waals surface area contributed by atoms with Crippen LogP contribution in [0.1, 0.15) is 43.7 Å². The van der Waals surface area contributed by atoms with Crippen molar-refractivity contribution in [1.82, 2.24) is 9.80 Å². The summed E-state index contributed by atoms with van der Waals surface area (Å²) in [5, 5.41) is 12.7. The number of likely N-dealkylation sites (N-methyl/N-ethyl adjacent to an activating group) is 1. The van der Waals surface area contributed by atoms with Crippen LogP contribution in [0.2, 0.25) is 0 Å². The van der Waals surface area contributed by atoms with Crippen molar-refractivity contribution < 1.29 is 32.3 Å². The molecule has 39 heavy (non-hydrogen) atoms. The number of benzene rings is 2. The molecule has 2 aromatic rings. The zero-order valence-electron chi connectivity index (χ0n) is 22.2. The Balaban J connectivity index is 1.96. The van der Waals surface area contributed by atoms with Crippen LogP contribution in [0.4, 0.5) is 18.9 Å². The van der Waals surface area contributed by atoms with E-state index in [2.05, 4.69) is 5.32 Å². The number of alkyl halides is 3. The molecule has 0 fully saturated rings. The number of fused-ring (bicyclic) bond motifs is 1. The number of carbonyl (C=O) groups is 3. The highest BCUT2D eigenvalue weighted by atomic mass is 19.4. The van der Waals surface area contributed by atoms with Crippen molar-refractivity contribution in [3.63, 3.8) is 0 Å². The van der Waals surface area contributed by atoms with Crippen LogP contribution >= 0.6 is 0 Å². The third kappa shape index (κ3) is 6.69. The van der Waals surface area contributed by atoms with E-state index in [-0.39, 0.29) is 36.0 Å². The lowest BCUT2D eigenvalue weighted by molar-refractivity contribution is -0.190. The average Bonchev–Trinajstić information content (AvgIpc) is 3.21. The molecule has 3 unspecified atom stereocenters. The second kappa shape index (κ2) is 12.2. The van der Waals surface area contributed by atoms with Gasteiger partial charge >= 0.3 is 12.1 Å². The maximum atomic E-state index is 13.8. The quantitative estimate of drug-likeness (QED) is 0.475. The molecule has 3 atom stereocenters. The highest BCUT2D eigenvalue weighted by molar-refractivity contribution is 6.03. The predicted molar refractivity (Wildman–Crippen MR) is 137 cm³/mol. The largest absolute Gasteiger partial charge is 0.496 e. The van der Waals surface area contributed by atoms with Gasteiger partial charge in [-0.3, -0.25) is 14.4 Å². The molecule has 0 saturated carbocycles. The maximum Gasteiger partial charge on any atom is 0.471 e. The van der Waals surface area contributed by atoms with Crippen LogP contribution in [-0.4, -0.2) is 59.9 Å². The molecule has 1 aliphatic rings. The Labute approximate surface area is 225 Å². The Morgan fingerprint density at radius 2 is 1.77 bits per heavy atom. The zero-order chi connectivity index (χ0) is 28.9. The predicted octanol–water partition coefficient (Wildman–Crippen LogP) is 4.48. The Morgan fingerprint density at radius 3 is 2.38 bits per heavy atom. The van der Waals surface area contributed by atoms with Crippen LogP contribution in [0.15, 0.2) is 48.5 Å². The Bertz CT molecular complexity index is 1260. The topological polar surface area (TPSA) is 103 Å². The van der Waals surface area contributed by atoms with Gasteiger partial charge in [0, 0.05) is 18.3 Å². The lowest BCUT2D eigenvalue weighted by atomic mass is 9.92. The number of nitrogens with one attached hydrogen (secondary N) is 1. The molecule has 8 nitrogen and oxygen atoms in total. The Morgan fingerprint density at radius 1 is 1.13 bits per heavy atom. The summed E-state index contributed by atoms with van der Waals surface area (Å²) in [6.07, 6.45) is -5.38. The van der Waals surface area contributed by atoms with E-state index >= 15 is 0 Å². The van der Waals surface area contributed by atoms with Crippen LogP contribution in [0.5, 0.6) is 5.75 Å². The number of hydrogen-bond donors (Lipinski definition) is 1. The maximum absolute atomic E-state index is 13.8. The molecule has 1 heterocycles. The van der Waals surface area contributed by atoms with Gasteiger partial charge in [0.2, 0.25) is 11.8 Å². The van der Waals surface area contributed by atoms with Crippen molar-refractivity contribution in [2.24, 2.45) is 5.92 Å². The fraction of sp³-hybridized carbons (Fsp3) is 0.429. The second-order valence-electron chi connectivity index (χ2n) is 9.85. The molecule has 11 heteroatoms. The number of hydrogen-bond acceptors (Lipinski definition) is 5. The van der Waals surface area contributed by atoms with Crippen LogP contribution in [0, 0.1) is 17.2 Å². The summed E-state index contributed by atoms with van der Waals surface area (Å²) in [5.74, 6) is -4.04. The fourth-order valence-electron chi connectivity index (χ4n) is 4.73. The van der Waals surface area contributed by atoms with Crippen LogP contribution in [0.25, 0.3) is 0 Å². The van der Waals surface area contributed by atoms with Crippen molar-refractivity contribution in [2.45, 2.75) is 57.4 Å². The summed E-state index contributed by atoms with van der Waals surface area (Å²) >= 11 is 0. The first-order valence-corrected chi connectivity index (χ1v) is 12.4. The van der Waals surface area contributed by atoms with E-state index in [0.29, 0.717) is 16.2 Å². The van der Waals surface area contributed by atoms with E-state index in [1.807, 2.05) is 6.07 Å². The number of para-hydroxylation sites is 2. The fourth-order valence-corrected chi connectivity index (χ4v) is 4.73. The third-order valence-electron chi connectivity index (χ3n) is 6.73. The summed E-state index contributed by atoms with van der Waals surface area (Å²) in [6, 6.07) is 12.6. The molecule has 0 aliphatic carbocycles. The monoisotopic (exact) mass is 544 g/mol. The molecule has 0 radical (unpaired) electrons. The van der Waals surface area contributed by atoms with E-state index in [1.54, 1.807) is 56.3 Å². The molecule has 0 saturated heterocycles. The first kappa shape index (κ1) is 29.5. The standard InChI is InChI=1S/C28H31F3N4O4/c1-17(2)13-23(35(27(38)28(29,30)31)16-18-9-5-8-12-24(18)39-4)26(37)34(3)19(15-32)14-21-20-10-6-7-11-22(20)33-25(21)36/h5-12,17,19,21,23H,13-14,16H2,1-4H3,(H,33,36). The number of nitrogens with zero attached hydrogens (tertiary/aromatic N) is 3. The van der Waals surface area contributed by atoms with E-state index < -0.39 is 42.5 Å². The smallest absolute Gasteiger partial charge is 0.471 e. The zero-order valence-corrected chi connectivity index (χ0v) is 22.2. The molecule has 3 amide bonds. The normalized spacial score (nSPS) is 16.1. The number of amides is 3. The molecule has 2 aromatic carbocycles. The van der Waals surface area contributed by atoms with Crippen molar-refractivity contribution in [1.29, 1.82) is 5.26 Å². The van der Waals surface area contributed by atoms with Crippen LogP contribution in [0.3, 0.4) is 0 Å². The number of nitriles is 1. The van der Waals surface area contributed by atoms with Gasteiger partial charge in [-0.25, -0.2) is 0 Å². The van der Waals surface area contributed by atoms with Gasteiger partial charge in [-0.1, -0.05) is 50.2 Å². The summed E-state index contributed by atoms with van der Waals surface area (Å²) in [6.45, 7) is 2.91. The van der Waals surface area contributed by atoms with Gasteiger partial charge in [0.15, 0.2) is 0 Å². The van der Waals surface area contributed by atoms with E-state index in [0.717, 1.165) is 4.90 Å². The van der Waals surface area contributed by atoms with Crippen molar-refractivity contribution >= 4 is 23.4 Å². The summed E-state index contributed by atoms with van der Waals surface area (Å²) in [4.78, 5) is 40.6. The highest BCUT2D eigenvalue weighted by Gasteiger charge is 2.47. The molecule has 1 N–H and O–H groups in total. The SMILES string of the molecule is COc1ccccc1CN(C(=O)C(F)(F)F)C(CC(C)C)C(=O)N(C)C(C#N)CC1C(=O)Nc2ccccc21. The van der Waals surface area contributed by atoms with Crippen LogP contribution in [-0.2, 0) is 20.9 Å². The van der Waals surface area contributed by atoms with Crippen molar-refractivity contribution in [3.8, 4) is 11.8 Å². The van der Waals surface area contributed by atoms with Crippen molar-refractivity contribution in [2.75, 3.05) is 19.5 Å². The van der Waals surface area contributed by atoms with Gasteiger partial charge in [0.25, 0.3) is 0 Å². The van der Waals surface area contributed by atoms with Gasteiger partial charge in [0.05, 0.1) is 25.6 Å². The summed E-state index contributed by atoms with van der Waals surface area (Å²) in [5.41, 5.74) is 1.57. The molecule has 208 valence electrons. The van der Waals surface area contributed by atoms with Gasteiger partial charge in [-0.2, -0.15) is 18.4 Å². The minimum Gasteiger partial charge on any atom is -0.496 e. The highest BCUT2D eigenvalue weighted by Crippen LogP contribution is 2.36. The first-order chi connectivity index (χ1) is 18.4. The number of halogens is 3. The first-order valence-electron chi connectivity index (χ1n) is 12.4. The molecule has 1 aliphatic heterocycles. The molecule has 0 spiro atoms. The van der Waals surface area contributed by atoms with Gasteiger partial charge in [-0.15, -0.1) is 0 Å². The summed E-state index contributed by atoms with van der Waals surface area (Å²) < 4.78 is 46.6. The molecular formula is C28H31F3N4O4. The van der Waals surface area contributed by atoms with Gasteiger partial charge in [-0.05, 0) is 36.5 Å². The minimum absolute atomic E-state index is 0.0598. The Hall–Kier alpha value is -4.07. The van der Waals surface area contributed by atoms with Gasteiger partial charge in [0.1, 0.15) is 17.8 Å². The van der Waals surface area contributed by atoms with Gasteiger partial charge < -0.3 is 19.9 Å². The van der Waals surface area contributed by atoms with Crippen LogP contribution < -0.4 is 10.1 Å². The van der Waals surface area contributed by atoms with E-state index in [1.165, 1.54) is 20.2 Å². The second-order valence-corrected chi connectivity index (χ2v) is 9.85. The minimum atomic E-state index is -5.24. The van der Waals surface area contributed by atoms with E-state index in [4.69, 9.17) is 4.74 Å². The molecular weight excluding hydrogens is 513 g/mol. The van der Waals surface area contributed by atoms with E-state index in [9.17, 15) is 32.8 Å². The van der Waals surface area contributed by atoms with Crippen molar-refractivity contribution in [3.05, 3.63) is 59.7 Å². The summed E-state index contributed by atoms with van der Waals surface area (Å²) in [7, 11) is 2.66. The molecule has 0 aromatic heterocycles. The number of carbonyl (C=O) groups excluding carboxylic acids is 3.